The summed E-state index contributed by atoms with van der Waals surface area (Å²) in [5.74, 6) is -1.18. The number of amides is 2. The van der Waals surface area contributed by atoms with Crippen molar-refractivity contribution in [2.45, 2.75) is 38.5 Å². The highest BCUT2D eigenvalue weighted by atomic mass is 35.5. The third-order valence-corrected chi connectivity index (χ3v) is 4.71. The number of rotatable bonds is 10. The van der Waals surface area contributed by atoms with Gasteiger partial charge >= 0.3 is 0 Å². The zero-order chi connectivity index (χ0) is 22.8. The number of guanidine groups is 1. The van der Waals surface area contributed by atoms with Crippen LogP contribution < -0.4 is 28.3 Å². The Balaban J connectivity index is 1.72. The minimum atomic E-state index is -0.663. The van der Waals surface area contributed by atoms with E-state index < -0.39 is 5.91 Å². The van der Waals surface area contributed by atoms with E-state index in [-0.39, 0.29) is 34.3 Å². The summed E-state index contributed by atoms with van der Waals surface area (Å²) >= 11 is 5.77. The molecule has 2 amide bonds. The maximum Gasteiger partial charge on any atom is 0.280 e. The minimum Gasteiger partial charge on any atom is -0.382 e. The van der Waals surface area contributed by atoms with E-state index in [1.54, 1.807) is 0 Å². The van der Waals surface area contributed by atoms with Gasteiger partial charge in [0.05, 0.1) is 0 Å². The fourth-order valence-electron chi connectivity index (χ4n) is 2.80. The Hall–Kier alpha value is -3.40. The first-order valence-electron chi connectivity index (χ1n) is 9.82. The molecule has 0 aliphatic heterocycles. The van der Waals surface area contributed by atoms with Gasteiger partial charge < -0.3 is 22.9 Å². The number of hydrogen-bond donors (Lipinski definition) is 5. The van der Waals surface area contributed by atoms with Crippen LogP contribution in [0.4, 0.5) is 11.6 Å². The summed E-state index contributed by atoms with van der Waals surface area (Å²) in [5.41, 5.74) is 24.2. The second-order valence-electron chi connectivity index (χ2n) is 6.95. The first-order valence-corrected chi connectivity index (χ1v) is 10.2. The van der Waals surface area contributed by atoms with E-state index in [1.807, 2.05) is 0 Å². The van der Waals surface area contributed by atoms with Crippen molar-refractivity contribution in [3.8, 4) is 0 Å². The SMILES string of the molecule is NC(=O)CCCc1ccc(CCCCN=C(N)NC(=O)c2nc(Cl)c(N)nc2N)cc1. The molecule has 0 radical (unpaired) electrons. The van der Waals surface area contributed by atoms with Gasteiger partial charge in [0.1, 0.15) is 0 Å². The Morgan fingerprint density at radius 2 is 1.55 bits per heavy atom. The van der Waals surface area contributed by atoms with Crippen molar-refractivity contribution in [1.29, 1.82) is 0 Å². The number of aryl methyl sites for hydroxylation is 2. The van der Waals surface area contributed by atoms with Gasteiger partial charge in [-0.25, -0.2) is 9.97 Å². The molecular formula is C20H27ClN8O2. The Morgan fingerprint density at radius 1 is 0.935 bits per heavy atom. The number of unbranched alkanes of at least 4 members (excludes halogenated alkanes) is 1. The van der Waals surface area contributed by atoms with Crippen LogP contribution in [0.25, 0.3) is 0 Å². The van der Waals surface area contributed by atoms with E-state index in [2.05, 4.69) is 44.5 Å². The van der Waals surface area contributed by atoms with Gasteiger partial charge in [0.15, 0.2) is 28.4 Å². The van der Waals surface area contributed by atoms with E-state index in [0.717, 1.165) is 32.1 Å². The average Bonchev–Trinajstić information content (AvgIpc) is 2.71. The average molecular weight is 447 g/mol. The molecule has 0 aliphatic rings. The van der Waals surface area contributed by atoms with Crippen molar-refractivity contribution < 1.29 is 9.59 Å². The second-order valence-corrected chi connectivity index (χ2v) is 7.31. The van der Waals surface area contributed by atoms with Crippen LogP contribution in [0.5, 0.6) is 0 Å². The van der Waals surface area contributed by atoms with E-state index >= 15 is 0 Å². The quantitative estimate of drug-likeness (QED) is 0.205. The second kappa shape index (κ2) is 11.7. The van der Waals surface area contributed by atoms with Crippen LogP contribution in [0.2, 0.25) is 5.15 Å². The van der Waals surface area contributed by atoms with Gasteiger partial charge in [-0.2, -0.15) is 0 Å². The van der Waals surface area contributed by atoms with Crippen molar-refractivity contribution in [3.05, 3.63) is 46.2 Å². The molecule has 1 aromatic heterocycles. The first kappa shape index (κ1) is 23.9. The number of aliphatic imine (C=N–C) groups is 1. The molecule has 1 heterocycles. The monoisotopic (exact) mass is 446 g/mol. The number of halogens is 1. The Labute approximate surface area is 185 Å². The third kappa shape index (κ3) is 8.09. The number of primary amides is 1. The number of nitrogens with one attached hydrogen (secondary N) is 1. The molecular weight excluding hydrogens is 420 g/mol. The molecule has 0 spiro atoms. The standard InChI is InChI=1S/C20H27ClN8O2/c21-16-18(24)28-17(23)15(27-16)19(31)29-20(25)26-11-2-1-4-12-7-9-13(10-8-12)5-3-6-14(22)30/h7-10H,1-6,11H2,(H2,22,30)(H4,23,24,28)(H3,25,26,29,31). The molecule has 0 saturated carbocycles. The summed E-state index contributed by atoms with van der Waals surface area (Å²) in [5, 5.41) is 2.28. The van der Waals surface area contributed by atoms with Gasteiger partial charge in [0.25, 0.3) is 5.91 Å². The normalized spacial score (nSPS) is 11.3. The summed E-state index contributed by atoms with van der Waals surface area (Å²) < 4.78 is 0. The van der Waals surface area contributed by atoms with Crippen molar-refractivity contribution in [2.24, 2.45) is 16.5 Å². The summed E-state index contributed by atoms with van der Waals surface area (Å²) in [4.78, 5) is 34.6. The topological polar surface area (TPSA) is 188 Å². The zero-order valence-corrected chi connectivity index (χ0v) is 17.9. The van der Waals surface area contributed by atoms with Gasteiger partial charge in [-0.3, -0.25) is 19.9 Å². The summed E-state index contributed by atoms with van der Waals surface area (Å²) in [6.07, 6.45) is 4.61. The van der Waals surface area contributed by atoms with E-state index in [0.29, 0.717) is 13.0 Å². The highest BCUT2D eigenvalue weighted by molar-refractivity contribution is 6.31. The smallest absolute Gasteiger partial charge is 0.280 e. The Bertz CT molecular complexity index is 947. The lowest BCUT2D eigenvalue weighted by molar-refractivity contribution is -0.118. The van der Waals surface area contributed by atoms with Crippen LogP contribution in [0.1, 0.15) is 47.3 Å². The number of nitrogen functional groups attached to an aromatic ring is 2. The molecule has 166 valence electrons. The third-order valence-electron chi connectivity index (χ3n) is 4.43. The van der Waals surface area contributed by atoms with E-state index in [1.165, 1.54) is 11.1 Å². The summed E-state index contributed by atoms with van der Waals surface area (Å²) in [7, 11) is 0. The number of benzene rings is 1. The maximum absolute atomic E-state index is 12.2. The van der Waals surface area contributed by atoms with Crippen LogP contribution >= 0.6 is 11.6 Å². The van der Waals surface area contributed by atoms with Crippen LogP contribution in [-0.2, 0) is 17.6 Å². The minimum absolute atomic E-state index is 0.0422. The molecule has 0 saturated heterocycles. The number of carbonyl (C=O) groups is 2. The molecule has 2 aromatic rings. The zero-order valence-electron chi connectivity index (χ0n) is 17.1. The van der Waals surface area contributed by atoms with Gasteiger partial charge in [-0.05, 0) is 43.2 Å². The Kier molecular flexibility index (Phi) is 9.01. The molecule has 0 bridgehead atoms. The lowest BCUT2D eigenvalue weighted by Crippen LogP contribution is -2.38. The van der Waals surface area contributed by atoms with Crippen molar-refractivity contribution in [1.82, 2.24) is 15.3 Å². The molecule has 9 N–H and O–H groups in total. The highest BCUT2D eigenvalue weighted by Crippen LogP contribution is 2.17. The van der Waals surface area contributed by atoms with E-state index in [9.17, 15) is 9.59 Å². The van der Waals surface area contributed by atoms with Crippen molar-refractivity contribution >= 4 is 41.0 Å². The molecule has 31 heavy (non-hydrogen) atoms. The maximum atomic E-state index is 12.2. The number of aromatic nitrogens is 2. The van der Waals surface area contributed by atoms with Crippen molar-refractivity contribution in [3.63, 3.8) is 0 Å². The fraction of sp³-hybridized carbons (Fsp3) is 0.350. The van der Waals surface area contributed by atoms with E-state index in [4.69, 9.17) is 34.5 Å². The molecule has 0 unspecified atom stereocenters. The summed E-state index contributed by atoms with van der Waals surface area (Å²) in [6.45, 7) is 0.459. The number of anilines is 2. The van der Waals surface area contributed by atoms with Gasteiger partial charge in [0.2, 0.25) is 5.91 Å². The number of nitrogens with zero attached hydrogens (tertiary/aromatic N) is 3. The van der Waals surface area contributed by atoms with Crippen molar-refractivity contribution in [2.75, 3.05) is 18.0 Å². The Morgan fingerprint density at radius 3 is 2.16 bits per heavy atom. The lowest BCUT2D eigenvalue weighted by atomic mass is 10.0. The molecule has 10 nitrogen and oxygen atoms in total. The number of nitrogens with two attached hydrogens (primary N) is 4. The predicted molar refractivity (Wildman–Crippen MR) is 121 cm³/mol. The largest absolute Gasteiger partial charge is 0.382 e. The van der Waals surface area contributed by atoms with Gasteiger partial charge in [0, 0.05) is 13.0 Å². The number of carbonyl (C=O) groups excluding carboxylic acids is 2. The van der Waals surface area contributed by atoms with Crippen LogP contribution in [0, 0.1) is 0 Å². The van der Waals surface area contributed by atoms with Crippen LogP contribution in [-0.4, -0.2) is 34.3 Å². The predicted octanol–water partition coefficient (Wildman–Crippen LogP) is 1.17. The van der Waals surface area contributed by atoms with Crippen LogP contribution in [0.15, 0.2) is 29.3 Å². The number of hydrogen-bond acceptors (Lipinski definition) is 7. The fourth-order valence-corrected chi connectivity index (χ4v) is 2.93. The van der Waals surface area contributed by atoms with Gasteiger partial charge in [-0.1, -0.05) is 35.9 Å². The molecule has 0 aliphatic carbocycles. The highest BCUT2D eigenvalue weighted by Gasteiger charge is 2.16. The first-order chi connectivity index (χ1) is 14.8. The molecule has 2 rings (SSSR count). The van der Waals surface area contributed by atoms with Crippen LogP contribution in [0.3, 0.4) is 0 Å². The summed E-state index contributed by atoms with van der Waals surface area (Å²) in [6, 6.07) is 8.31. The molecule has 0 atom stereocenters. The molecule has 1 aromatic carbocycles. The van der Waals surface area contributed by atoms with Gasteiger partial charge in [-0.15, -0.1) is 0 Å². The lowest BCUT2D eigenvalue weighted by Gasteiger charge is -2.07. The molecule has 0 fully saturated rings. The molecule has 11 heteroatoms.